The van der Waals surface area contributed by atoms with E-state index in [9.17, 15) is 13.2 Å². The maximum absolute atomic E-state index is 12.7. The summed E-state index contributed by atoms with van der Waals surface area (Å²) < 4.78 is 39.2. The molecule has 0 aliphatic carbocycles. The summed E-state index contributed by atoms with van der Waals surface area (Å²) in [7, 11) is 1.43. The zero-order valence-electron chi connectivity index (χ0n) is 11.5. The first-order valence-corrected chi connectivity index (χ1v) is 5.90. The van der Waals surface area contributed by atoms with Crippen LogP contribution in [0.15, 0.2) is 11.2 Å². The number of aliphatic imine (C=N–C) groups is 1. The number of aryl methyl sites for hydroxylation is 1. The quantitative estimate of drug-likeness (QED) is 0.459. The highest BCUT2D eigenvalue weighted by Gasteiger charge is 2.36. The zero-order valence-corrected chi connectivity index (χ0v) is 13.9. The molecule has 1 heterocycles. The summed E-state index contributed by atoms with van der Waals surface area (Å²) in [6, 6.07) is 0.125. The molecular weight excluding hydrogens is 386 g/mol. The van der Waals surface area contributed by atoms with Gasteiger partial charge >= 0.3 is 6.18 Å². The number of nitrogens with two attached hydrogens (primary N) is 1. The highest BCUT2D eigenvalue weighted by molar-refractivity contribution is 14.0. The molecule has 116 valence electrons. The SMILES string of the molecule is CCC(C)NC(N)=NCc1cn(C)nc1C(F)(F)F.I. The first-order chi connectivity index (χ1) is 8.74. The molecular formula is C11H19F3IN5. The molecule has 0 saturated carbocycles. The second kappa shape index (κ2) is 7.70. The summed E-state index contributed by atoms with van der Waals surface area (Å²) in [6.45, 7) is 3.72. The summed E-state index contributed by atoms with van der Waals surface area (Å²) in [5.41, 5.74) is 4.68. The van der Waals surface area contributed by atoms with Gasteiger partial charge in [0.15, 0.2) is 11.7 Å². The molecule has 0 spiro atoms. The predicted octanol–water partition coefficient (Wildman–Crippen LogP) is 2.26. The lowest BCUT2D eigenvalue weighted by atomic mass is 10.2. The molecule has 0 aromatic carbocycles. The van der Waals surface area contributed by atoms with Gasteiger partial charge in [0.2, 0.25) is 0 Å². The second-order valence-corrected chi connectivity index (χ2v) is 4.33. The maximum atomic E-state index is 12.7. The Kier molecular flexibility index (Phi) is 7.31. The highest BCUT2D eigenvalue weighted by atomic mass is 127. The van der Waals surface area contributed by atoms with Crippen molar-refractivity contribution in [1.82, 2.24) is 15.1 Å². The van der Waals surface area contributed by atoms with E-state index in [1.807, 2.05) is 13.8 Å². The molecule has 1 unspecified atom stereocenters. The number of hydrogen-bond acceptors (Lipinski definition) is 2. The van der Waals surface area contributed by atoms with Gasteiger partial charge in [-0.3, -0.25) is 4.68 Å². The third kappa shape index (κ3) is 5.55. The van der Waals surface area contributed by atoms with E-state index in [0.717, 1.165) is 11.1 Å². The number of nitrogens with one attached hydrogen (secondary N) is 1. The van der Waals surface area contributed by atoms with Crippen LogP contribution in [0.3, 0.4) is 0 Å². The minimum Gasteiger partial charge on any atom is -0.370 e. The van der Waals surface area contributed by atoms with Crippen LogP contribution in [-0.4, -0.2) is 21.8 Å². The third-order valence-corrected chi connectivity index (χ3v) is 2.60. The Balaban J connectivity index is 0.00000361. The zero-order chi connectivity index (χ0) is 14.6. The van der Waals surface area contributed by atoms with Crippen LogP contribution < -0.4 is 11.1 Å². The Hall–Kier alpha value is -1.00. The average Bonchev–Trinajstić information content (AvgIpc) is 2.67. The van der Waals surface area contributed by atoms with E-state index in [-0.39, 0.29) is 48.1 Å². The van der Waals surface area contributed by atoms with Crippen LogP contribution in [-0.2, 0) is 19.8 Å². The smallest absolute Gasteiger partial charge is 0.370 e. The molecule has 1 aromatic rings. The summed E-state index contributed by atoms with van der Waals surface area (Å²) in [5.74, 6) is 0.131. The molecule has 0 aliphatic heterocycles. The van der Waals surface area contributed by atoms with Crippen LogP contribution in [0.1, 0.15) is 31.5 Å². The van der Waals surface area contributed by atoms with Crippen LogP contribution in [0.25, 0.3) is 0 Å². The lowest BCUT2D eigenvalue weighted by Gasteiger charge is -2.11. The van der Waals surface area contributed by atoms with E-state index in [1.165, 1.54) is 13.2 Å². The van der Waals surface area contributed by atoms with Gasteiger partial charge in [0.1, 0.15) is 0 Å². The number of rotatable bonds is 4. The van der Waals surface area contributed by atoms with E-state index in [2.05, 4.69) is 15.4 Å². The fourth-order valence-corrected chi connectivity index (χ4v) is 1.46. The molecule has 1 rings (SSSR count). The molecule has 3 N–H and O–H groups in total. The summed E-state index contributed by atoms with van der Waals surface area (Å²) in [6.07, 6.45) is -2.34. The van der Waals surface area contributed by atoms with Crippen molar-refractivity contribution in [2.75, 3.05) is 0 Å². The third-order valence-electron chi connectivity index (χ3n) is 2.60. The van der Waals surface area contributed by atoms with Crippen molar-refractivity contribution < 1.29 is 13.2 Å². The molecule has 9 heteroatoms. The monoisotopic (exact) mass is 405 g/mol. The van der Waals surface area contributed by atoms with Crippen molar-refractivity contribution >= 4 is 29.9 Å². The van der Waals surface area contributed by atoms with Crippen LogP contribution >= 0.6 is 24.0 Å². The Bertz CT molecular complexity index is 455. The number of aromatic nitrogens is 2. The maximum Gasteiger partial charge on any atom is 0.435 e. The number of nitrogens with zero attached hydrogens (tertiary/aromatic N) is 3. The molecule has 0 saturated heterocycles. The highest BCUT2D eigenvalue weighted by Crippen LogP contribution is 2.30. The van der Waals surface area contributed by atoms with Crippen molar-refractivity contribution in [2.24, 2.45) is 17.8 Å². The number of alkyl halides is 3. The minimum atomic E-state index is -4.48. The summed E-state index contributed by atoms with van der Waals surface area (Å²) in [4.78, 5) is 3.90. The van der Waals surface area contributed by atoms with Gasteiger partial charge in [0, 0.05) is 24.8 Å². The molecule has 0 fully saturated rings. The molecule has 1 atom stereocenters. The van der Waals surface area contributed by atoms with E-state index in [4.69, 9.17) is 5.73 Å². The van der Waals surface area contributed by atoms with Crippen LogP contribution in [0, 0.1) is 0 Å². The van der Waals surface area contributed by atoms with Gasteiger partial charge in [0.05, 0.1) is 6.54 Å². The van der Waals surface area contributed by atoms with E-state index in [1.54, 1.807) is 0 Å². The Morgan fingerprint density at radius 1 is 1.55 bits per heavy atom. The first kappa shape index (κ1) is 19.0. The molecule has 0 amide bonds. The lowest BCUT2D eigenvalue weighted by Crippen LogP contribution is -2.38. The number of halogens is 4. The molecule has 5 nitrogen and oxygen atoms in total. The number of hydrogen-bond donors (Lipinski definition) is 2. The van der Waals surface area contributed by atoms with Gasteiger partial charge in [-0.15, -0.1) is 24.0 Å². The van der Waals surface area contributed by atoms with Crippen LogP contribution in [0.4, 0.5) is 13.2 Å². The van der Waals surface area contributed by atoms with Crippen molar-refractivity contribution in [1.29, 1.82) is 0 Å². The summed E-state index contributed by atoms with van der Waals surface area (Å²) >= 11 is 0. The van der Waals surface area contributed by atoms with Gasteiger partial charge in [-0.1, -0.05) is 6.92 Å². The van der Waals surface area contributed by atoms with E-state index >= 15 is 0 Å². The Labute approximate surface area is 132 Å². The molecule has 0 radical (unpaired) electrons. The average molecular weight is 405 g/mol. The van der Waals surface area contributed by atoms with Crippen molar-refractivity contribution in [3.63, 3.8) is 0 Å². The standard InChI is InChI=1S/C11H18F3N5.HI/c1-4-7(2)17-10(15)16-5-8-6-19(3)18-9(8)11(12,13)14;/h6-7H,4-5H2,1-3H3,(H3,15,16,17);1H. The summed E-state index contributed by atoms with van der Waals surface area (Å²) in [5, 5.41) is 6.28. The van der Waals surface area contributed by atoms with Gasteiger partial charge < -0.3 is 11.1 Å². The van der Waals surface area contributed by atoms with E-state index < -0.39 is 11.9 Å². The van der Waals surface area contributed by atoms with Crippen LogP contribution in [0.5, 0.6) is 0 Å². The predicted molar refractivity (Wildman–Crippen MR) is 81.8 cm³/mol. The topological polar surface area (TPSA) is 68.2 Å². The normalized spacial score (nSPS) is 13.8. The van der Waals surface area contributed by atoms with E-state index in [0.29, 0.717) is 0 Å². The molecule has 0 bridgehead atoms. The van der Waals surface area contributed by atoms with Gasteiger partial charge in [-0.25, -0.2) is 4.99 Å². The molecule has 1 aromatic heterocycles. The van der Waals surface area contributed by atoms with Gasteiger partial charge in [0.25, 0.3) is 0 Å². The molecule has 20 heavy (non-hydrogen) atoms. The van der Waals surface area contributed by atoms with Crippen molar-refractivity contribution in [2.45, 2.75) is 39.0 Å². The minimum absolute atomic E-state index is 0. The van der Waals surface area contributed by atoms with Crippen molar-refractivity contribution in [3.8, 4) is 0 Å². The van der Waals surface area contributed by atoms with Gasteiger partial charge in [-0.05, 0) is 13.3 Å². The fourth-order valence-electron chi connectivity index (χ4n) is 1.46. The Morgan fingerprint density at radius 2 is 2.15 bits per heavy atom. The first-order valence-electron chi connectivity index (χ1n) is 5.90. The van der Waals surface area contributed by atoms with Crippen LogP contribution in [0.2, 0.25) is 0 Å². The largest absolute Gasteiger partial charge is 0.435 e. The lowest BCUT2D eigenvalue weighted by molar-refractivity contribution is -0.142. The van der Waals surface area contributed by atoms with Crippen molar-refractivity contribution in [3.05, 3.63) is 17.5 Å². The second-order valence-electron chi connectivity index (χ2n) is 4.33. The number of guanidine groups is 1. The fraction of sp³-hybridized carbons (Fsp3) is 0.636. The van der Waals surface area contributed by atoms with Gasteiger partial charge in [-0.2, -0.15) is 18.3 Å². The molecule has 0 aliphatic rings. The Morgan fingerprint density at radius 3 is 2.65 bits per heavy atom.